The third kappa shape index (κ3) is 6.06. The fourth-order valence-corrected chi connectivity index (χ4v) is 4.50. The number of aryl methyl sites for hydroxylation is 1. The maximum atomic E-state index is 12.6. The van der Waals surface area contributed by atoms with Crippen LogP contribution in [-0.2, 0) is 10.5 Å². The van der Waals surface area contributed by atoms with Crippen LogP contribution in [0.1, 0.15) is 18.1 Å². The van der Waals surface area contributed by atoms with Crippen molar-refractivity contribution in [3.8, 4) is 0 Å². The summed E-state index contributed by atoms with van der Waals surface area (Å²) in [7, 11) is 0. The topological polar surface area (TPSA) is 29.1 Å². The molecule has 0 fully saturated rings. The maximum absolute atomic E-state index is 12.6. The van der Waals surface area contributed by atoms with E-state index in [2.05, 4.69) is 41.7 Å². The van der Waals surface area contributed by atoms with E-state index in [4.69, 9.17) is 11.6 Å². The molecule has 0 radical (unpaired) electrons. The van der Waals surface area contributed by atoms with Crippen LogP contribution in [0.5, 0.6) is 0 Å². The smallest absolute Gasteiger partial charge is 0.237 e. The molecule has 0 aliphatic carbocycles. The van der Waals surface area contributed by atoms with Gasteiger partial charge in [-0.05, 0) is 67.4 Å². The number of thioether (sulfide) groups is 2. The Hall–Kier alpha value is -1.88. The van der Waals surface area contributed by atoms with E-state index >= 15 is 0 Å². The molecule has 3 aromatic carbocycles. The lowest BCUT2D eigenvalue weighted by Gasteiger charge is -2.14. The number of carbonyl (C=O) groups excluding carboxylic acids is 1. The van der Waals surface area contributed by atoms with E-state index in [0.29, 0.717) is 5.02 Å². The first-order chi connectivity index (χ1) is 13.5. The summed E-state index contributed by atoms with van der Waals surface area (Å²) in [6, 6.07) is 24.1. The molecule has 1 amide bonds. The zero-order valence-electron chi connectivity index (χ0n) is 15.8. The molecule has 1 atom stereocenters. The first-order valence-corrected chi connectivity index (χ1v) is 11.3. The van der Waals surface area contributed by atoms with Crippen molar-refractivity contribution in [2.75, 3.05) is 5.32 Å². The molecule has 1 unspecified atom stereocenters. The monoisotopic (exact) mass is 427 g/mol. The molecule has 0 spiro atoms. The Labute approximate surface area is 180 Å². The lowest BCUT2D eigenvalue weighted by molar-refractivity contribution is -0.115. The van der Waals surface area contributed by atoms with Gasteiger partial charge in [-0.2, -0.15) is 0 Å². The van der Waals surface area contributed by atoms with Crippen LogP contribution in [0.25, 0.3) is 0 Å². The molecule has 0 aliphatic rings. The van der Waals surface area contributed by atoms with E-state index in [1.807, 2.05) is 62.0 Å². The lowest BCUT2D eigenvalue weighted by Crippen LogP contribution is -2.22. The Bertz CT molecular complexity index is 929. The van der Waals surface area contributed by atoms with Crippen LogP contribution >= 0.6 is 35.1 Å². The van der Waals surface area contributed by atoms with Crippen LogP contribution in [-0.4, -0.2) is 11.2 Å². The Morgan fingerprint density at radius 1 is 1.00 bits per heavy atom. The Kier molecular flexibility index (Phi) is 7.49. The van der Waals surface area contributed by atoms with Gasteiger partial charge in [0.2, 0.25) is 5.91 Å². The van der Waals surface area contributed by atoms with Crippen molar-refractivity contribution in [3.05, 3.63) is 88.9 Å². The lowest BCUT2D eigenvalue weighted by atomic mass is 10.1. The highest BCUT2D eigenvalue weighted by Gasteiger charge is 2.15. The van der Waals surface area contributed by atoms with Crippen LogP contribution in [0.2, 0.25) is 5.02 Å². The van der Waals surface area contributed by atoms with E-state index in [1.54, 1.807) is 0 Å². The van der Waals surface area contributed by atoms with Crippen molar-refractivity contribution >= 4 is 46.7 Å². The number of hydrogen-bond donors (Lipinski definition) is 1. The Balaban J connectivity index is 1.57. The summed E-state index contributed by atoms with van der Waals surface area (Å²) in [6.07, 6.45) is 0. The van der Waals surface area contributed by atoms with Crippen LogP contribution in [0.4, 0.5) is 5.69 Å². The second-order valence-corrected chi connectivity index (χ2v) is 9.35. The fraction of sp³-hybridized carbons (Fsp3) is 0.174. The molecule has 3 aromatic rings. The minimum absolute atomic E-state index is 0.00513. The van der Waals surface area contributed by atoms with Gasteiger partial charge < -0.3 is 5.32 Å². The predicted molar refractivity (Wildman–Crippen MR) is 123 cm³/mol. The minimum Gasteiger partial charge on any atom is -0.325 e. The summed E-state index contributed by atoms with van der Waals surface area (Å²) >= 11 is 9.24. The number of carbonyl (C=O) groups is 1. The van der Waals surface area contributed by atoms with E-state index in [0.717, 1.165) is 21.9 Å². The van der Waals surface area contributed by atoms with Crippen molar-refractivity contribution in [1.82, 2.24) is 0 Å². The number of benzene rings is 3. The van der Waals surface area contributed by atoms with Crippen molar-refractivity contribution < 1.29 is 4.79 Å². The molecular weight excluding hydrogens is 406 g/mol. The Morgan fingerprint density at radius 2 is 1.71 bits per heavy atom. The van der Waals surface area contributed by atoms with E-state index in [9.17, 15) is 4.79 Å². The predicted octanol–water partition coefficient (Wildman–Crippen LogP) is 7.06. The standard InChI is InChI=1S/C23H22ClNOS2/c1-16-14-18(15-27-20-6-4-3-5-7-20)8-13-22(16)25-23(26)17(2)28-21-11-9-19(24)10-12-21/h3-14,17H,15H2,1-2H3,(H,25,26). The highest BCUT2D eigenvalue weighted by atomic mass is 35.5. The summed E-state index contributed by atoms with van der Waals surface area (Å²) in [5, 5.41) is 3.55. The number of halogens is 1. The Morgan fingerprint density at radius 3 is 2.39 bits per heavy atom. The van der Waals surface area contributed by atoms with Crippen molar-refractivity contribution in [2.45, 2.75) is 34.6 Å². The fourth-order valence-electron chi connectivity index (χ4n) is 2.64. The molecule has 0 heterocycles. The van der Waals surface area contributed by atoms with E-state index < -0.39 is 0 Å². The highest BCUT2D eigenvalue weighted by Crippen LogP contribution is 2.27. The quantitative estimate of drug-likeness (QED) is 0.409. The molecule has 1 N–H and O–H groups in total. The number of anilines is 1. The van der Waals surface area contributed by atoms with Gasteiger partial charge in [0, 0.05) is 26.3 Å². The third-order valence-corrected chi connectivity index (χ3v) is 6.64. The van der Waals surface area contributed by atoms with Crippen molar-refractivity contribution in [2.24, 2.45) is 0 Å². The molecule has 0 saturated heterocycles. The average molecular weight is 428 g/mol. The van der Waals surface area contributed by atoms with Crippen LogP contribution in [0.3, 0.4) is 0 Å². The molecule has 2 nitrogen and oxygen atoms in total. The highest BCUT2D eigenvalue weighted by molar-refractivity contribution is 8.00. The molecule has 3 rings (SSSR count). The van der Waals surface area contributed by atoms with Crippen molar-refractivity contribution in [3.63, 3.8) is 0 Å². The summed E-state index contributed by atoms with van der Waals surface area (Å²) in [5.74, 6) is 0.900. The number of nitrogens with one attached hydrogen (secondary N) is 1. The van der Waals surface area contributed by atoms with Gasteiger partial charge in [-0.1, -0.05) is 41.9 Å². The van der Waals surface area contributed by atoms with E-state index in [-0.39, 0.29) is 11.2 Å². The second kappa shape index (κ2) is 10.1. The molecule has 0 saturated carbocycles. The second-order valence-electron chi connectivity index (χ2n) is 6.45. The molecule has 5 heteroatoms. The van der Waals surface area contributed by atoms with Gasteiger partial charge >= 0.3 is 0 Å². The van der Waals surface area contributed by atoms with Gasteiger partial charge in [0.15, 0.2) is 0 Å². The van der Waals surface area contributed by atoms with Crippen LogP contribution in [0.15, 0.2) is 82.6 Å². The van der Waals surface area contributed by atoms with Gasteiger partial charge in [-0.25, -0.2) is 0 Å². The van der Waals surface area contributed by atoms with E-state index in [1.165, 1.54) is 22.2 Å². The van der Waals surface area contributed by atoms with Gasteiger partial charge in [-0.15, -0.1) is 23.5 Å². The van der Waals surface area contributed by atoms with Crippen LogP contribution in [0, 0.1) is 6.92 Å². The van der Waals surface area contributed by atoms with Crippen LogP contribution < -0.4 is 5.32 Å². The van der Waals surface area contributed by atoms with Gasteiger partial charge in [0.1, 0.15) is 0 Å². The summed E-state index contributed by atoms with van der Waals surface area (Å²) in [6.45, 7) is 3.94. The zero-order valence-corrected chi connectivity index (χ0v) is 18.2. The number of hydrogen-bond acceptors (Lipinski definition) is 3. The largest absolute Gasteiger partial charge is 0.325 e. The average Bonchev–Trinajstić information content (AvgIpc) is 2.70. The first-order valence-electron chi connectivity index (χ1n) is 9.02. The molecule has 0 aliphatic heterocycles. The maximum Gasteiger partial charge on any atom is 0.237 e. The van der Waals surface area contributed by atoms with Gasteiger partial charge in [0.25, 0.3) is 0 Å². The van der Waals surface area contributed by atoms with Crippen molar-refractivity contribution in [1.29, 1.82) is 0 Å². The molecule has 144 valence electrons. The number of amides is 1. The molecule has 28 heavy (non-hydrogen) atoms. The minimum atomic E-state index is -0.200. The van der Waals surface area contributed by atoms with Gasteiger partial charge in [-0.3, -0.25) is 4.79 Å². The third-order valence-electron chi connectivity index (χ3n) is 4.19. The summed E-state index contributed by atoms with van der Waals surface area (Å²) < 4.78 is 0. The van der Waals surface area contributed by atoms with Gasteiger partial charge in [0.05, 0.1) is 5.25 Å². The summed E-state index contributed by atoms with van der Waals surface area (Å²) in [4.78, 5) is 14.8. The number of rotatable bonds is 7. The SMILES string of the molecule is Cc1cc(CSc2ccccc2)ccc1NC(=O)C(C)Sc1ccc(Cl)cc1. The first kappa shape index (κ1) is 20.8. The zero-order chi connectivity index (χ0) is 19.9. The molecular formula is C23H22ClNOS2. The summed E-state index contributed by atoms with van der Waals surface area (Å²) in [5.41, 5.74) is 3.18. The molecule has 0 aromatic heterocycles. The molecule has 0 bridgehead atoms. The normalized spacial score (nSPS) is 11.8.